The van der Waals surface area contributed by atoms with Crippen molar-refractivity contribution in [1.82, 2.24) is 4.98 Å². The molecule has 1 N–H and O–H groups in total. The lowest BCUT2D eigenvalue weighted by Gasteiger charge is -2.23. The molecule has 0 spiro atoms. The molecule has 1 unspecified atom stereocenters. The molecule has 0 saturated carbocycles. The van der Waals surface area contributed by atoms with Gasteiger partial charge in [-0.15, -0.1) is 0 Å². The van der Waals surface area contributed by atoms with Gasteiger partial charge in [0, 0.05) is 25.1 Å². The van der Waals surface area contributed by atoms with Crippen molar-refractivity contribution in [3.05, 3.63) is 71.9 Å². The molecule has 1 saturated heterocycles. The molecule has 9 heteroatoms. The molecule has 1 aromatic heterocycles. The van der Waals surface area contributed by atoms with E-state index in [1.54, 1.807) is 36.6 Å². The van der Waals surface area contributed by atoms with Crippen LogP contribution in [-0.2, 0) is 28.5 Å². The number of anilines is 2. The molecule has 0 radical (unpaired) electrons. The van der Waals surface area contributed by atoms with Crippen molar-refractivity contribution < 1.29 is 27.2 Å². The molecule has 0 aliphatic carbocycles. The number of halogens is 3. The van der Waals surface area contributed by atoms with Gasteiger partial charge in [-0.2, -0.15) is 13.2 Å². The van der Waals surface area contributed by atoms with Crippen molar-refractivity contribution in [1.29, 1.82) is 0 Å². The molecule has 1 fully saturated rings. The number of aromatic nitrogens is 1. The Balaban J connectivity index is 1.55. The smallest absolute Gasteiger partial charge is 0.417 e. The number of alkyl halides is 3. The minimum absolute atomic E-state index is 0.321. The summed E-state index contributed by atoms with van der Waals surface area (Å²) in [6.45, 7) is 1.45. The molecule has 180 valence electrons. The molecule has 2 heterocycles. The summed E-state index contributed by atoms with van der Waals surface area (Å²) in [5.41, 5.74) is 0.894. The van der Waals surface area contributed by atoms with Crippen LogP contribution in [0.4, 0.5) is 24.7 Å². The van der Waals surface area contributed by atoms with Gasteiger partial charge < -0.3 is 19.3 Å². The number of pyridine rings is 1. The van der Waals surface area contributed by atoms with E-state index in [-0.39, 0.29) is 0 Å². The Bertz CT molecular complexity index is 1080. The Morgan fingerprint density at radius 1 is 1.09 bits per heavy atom. The van der Waals surface area contributed by atoms with Gasteiger partial charge in [0.15, 0.2) is 4.90 Å². The number of hydrogen-bond acceptors (Lipinski definition) is 5. The molecular formula is C25H25F3N2O3S. The van der Waals surface area contributed by atoms with Gasteiger partial charge in [-0.1, -0.05) is 0 Å². The zero-order valence-corrected chi connectivity index (χ0v) is 19.4. The first-order valence-corrected chi connectivity index (χ1v) is 12.5. The second-order valence-corrected chi connectivity index (χ2v) is 9.54. The molecule has 34 heavy (non-hydrogen) atoms. The van der Waals surface area contributed by atoms with E-state index in [9.17, 15) is 17.7 Å². The van der Waals surface area contributed by atoms with Crippen molar-refractivity contribution in [2.24, 2.45) is 5.92 Å². The summed E-state index contributed by atoms with van der Waals surface area (Å²) in [6.07, 6.45) is 0.704. The van der Waals surface area contributed by atoms with Crippen molar-refractivity contribution in [3.63, 3.8) is 0 Å². The summed E-state index contributed by atoms with van der Waals surface area (Å²) in [6, 6.07) is 15.0. The summed E-state index contributed by atoms with van der Waals surface area (Å²) >= 11 is -1.07. The third-order valence-electron chi connectivity index (χ3n) is 5.66. The van der Waals surface area contributed by atoms with Crippen LogP contribution in [0.2, 0.25) is 0 Å². The predicted molar refractivity (Wildman–Crippen MR) is 125 cm³/mol. The zero-order valence-electron chi connectivity index (χ0n) is 18.6. The lowest BCUT2D eigenvalue weighted by molar-refractivity contribution is -0.137. The predicted octanol–water partition coefficient (Wildman–Crippen LogP) is 6.34. The van der Waals surface area contributed by atoms with E-state index in [2.05, 4.69) is 10.3 Å². The number of nitrogens with one attached hydrogen (secondary N) is 1. The highest BCUT2D eigenvalue weighted by molar-refractivity contribution is 7.90. The van der Waals surface area contributed by atoms with Crippen LogP contribution >= 0.6 is 0 Å². The Kier molecular flexibility index (Phi) is 7.65. The summed E-state index contributed by atoms with van der Waals surface area (Å²) in [5.74, 6) is 2.10. The molecule has 1 aliphatic heterocycles. The van der Waals surface area contributed by atoms with Crippen molar-refractivity contribution >= 4 is 22.7 Å². The van der Waals surface area contributed by atoms with Crippen molar-refractivity contribution in [2.75, 3.05) is 24.8 Å². The van der Waals surface area contributed by atoms with E-state index in [1.165, 1.54) is 6.07 Å². The van der Waals surface area contributed by atoms with E-state index >= 15 is 0 Å². The minimum Gasteiger partial charge on any atom is -0.612 e. The normalized spacial score (nSPS) is 15.7. The fourth-order valence-corrected chi connectivity index (χ4v) is 4.31. The monoisotopic (exact) mass is 490 g/mol. The topological polar surface area (TPSA) is 66.4 Å². The highest BCUT2D eigenvalue weighted by atomic mass is 32.2. The molecule has 1 atom stereocenters. The Morgan fingerprint density at radius 3 is 2.44 bits per heavy atom. The number of rotatable bonds is 7. The fraction of sp³-hybridized carbons (Fsp3) is 0.320. The first-order valence-electron chi connectivity index (χ1n) is 10.9. The lowest BCUT2D eigenvalue weighted by atomic mass is 9.92. The lowest BCUT2D eigenvalue weighted by Crippen LogP contribution is -2.17. The minimum atomic E-state index is -4.42. The van der Waals surface area contributed by atoms with E-state index in [0.29, 0.717) is 28.9 Å². The molecule has 5 nitrogen and oxygen atoms in total. The quantitative estimate of drug-likeness (QED) is 0.391. The number of hydrogen-bond donors (Lipinski definition) is 1. The first kappa shape index (κ1) is 24.4. The van der Waals surface area contributed by atoms with Crippen LogP contribution in [0.1, 0.15) is 24.0 Å². The van der Waals surface area contributed by atoms with Gasteiger partial charge in [-0.25, -0.2) is 4.98 Å². The highest BCUT2D eigenvalue weighted by Crippen LogP contribution is 2.34. The molecule has 0 amide bonds. The van der Waals surface area contributed by atoms with Gasteiger partial charge in [-0.3, -0.25) is 0 Å². The summed E-state index contributed by atoms with van der Waals surface area (Å²) < 4.78 is 61.7. The summed E-state index contributed by atoms with van der Waals surface area (Å²) in [7, 11) is 0. The van der Waals surface area contributed by atoms with Crippen LogP contribution in [0.15, 0.2) is 65.7 Å². The first-order chi connectivity index (χ1) is 16.3. The molecule has 3 aromatic rings. The van der Waals surface area contributed by atoms with E-state index < -0.39 is 22.9 Å². The van der Waals surface area contributed by atoms with Crippen molar-refractivity contribution in [2.45, 2.75) is 30.3 Å². The maximum absolute atomic E-state index is 12.8. The van der Waals surface area contributed by atoms with Gasteiger partial charge in [-0.05, 0) is 96.5 Å². The molecule has 1 aliphatic rings. The molecule has 4 rings (SSSR count). The summed E-state index contributed by atoms with van der Waals surface area (Å²) in [4.78, 5) is 4.62. The maximum atomic E-state index is 12.8. The van der Waals surface area contributed by atoms with Gasteiger partial charge in [0.1, 0.15) is 23.6 Å². The summed E-state index contributed by atoms with van der Waals surface area (Å²) in [5, 5.41) is 3.08. The third-order valence-corrected chi connectivity index (χ3v) is 6.59. The Hall–Kier alpha value is -2.75. The molecule has 2 aromatic carbocycles. The average Bonchev–Trinajstić information content (AvgIpc) is 2.81. The van der Waals surface area contributed by atoms with Gasteiger partial charge in [0.05, 0.1) is 5.56 Å². The van der Waals surface area contributed by atoms with Gasteiger partial charge >= 0.3 is 6.18 Å². The largest absolute Gasteiger partial charge is 0.612 e. The van der Waals surface area contributed by atoms with Crippen LogP contribution in [0, 0.1) is 5.92 Å². The Labute approximate surface area is 199 Å². The third kappa shape index (κ3) is 6.43. The van der Waals surface area contributed by atoms with E-state index in [0.717, 1.165) is 55.2 Å². The molecule has 0 bridgehead atoms. The maximum Gasteiger partial charge on any atom is 0.417 e. The SMILES string of the molecule is C[S+]([O-])c1ccc(Oc2ccc(Nc3ccc(C(F)(F)F)cn3)cc2CC2CCOCC2)cc1. The standard InChI is InChI=1S/C25H25F3N2O3S/c1-34(31)22-6-4-21(5-7-22)33-23-8-3-20(15-18(23)14-17-10-12-32-13-11-17)30-24-9-2-19(16-29-24)25(26,27)28/h2-9,15-17H,10-14H2,1H3,(H,29,30). The van der Waals surface area contributed by atoms with Crippen LogP contribution in [0.3, 0.4) is 0 Å². The van der Waals surface area contributed by atoms with Crippen molar-refractivity contribution in [3.8, 4) is 11.5 Å². The molecular weight excluding hydrogens is 465 g/mol. The van der Waals surface area contributed by atoms with Crippen LogP contribution in [0.5, 0.6) is 11.5 Å². The zero-order chi connectivity index (χ0) is 24.1. The number of ether oxygens (including phenoxy) is 2. The number of benzene rings is 2. The van der Waals surface area contributed by atoms with E-state index in [4.69, 9.17) is 9.47 Å². The van der Waals surface area contributed by atoms with E-state index in [1.807, 2.05) is 12.1 Å². The van der Waals surface area contributed by atoms with Gasteiger partial charge in [0.2, 0.25) is 0 Å². The van der Waals surface area contributed by atoms with Crippen LogP contribution in [0.25, 0.3) is 0 Å². The number of nitrogens with zero attached hydrogens (tertiary/aromatic N) is 1. The van der Waals surface area contributed by atoms with Gasteiger partial charge in [0.25, 0.3) is 0 Å². The van der Waals surface area contributed by atoms with Crippen LogP contribution < -0.4 is 10.1 Å². The Morgan fingerprint density at radius 2 is 1.82 bits per heavy atom. The second kappa shape index (κ2) is 10.7. The average molecular weight is 491 g/mol. The second-order valence-electron chi connectivity index (χ2n) is 8.16. The highest BCUT2D eigenvalue weighted by Gasteiger charge is 2.30. The fourth-order valence-electron chi connectivity index (χ4n) is 3.79. The van der Waals surface area contributed by atoms with Crippen LogP contribution in [-0.4, -0.2) is 29.0 Å².